The van der Waals surface area contributed by atoms with Crippen molar-refractivity contribution in [2.24, 2.45) is 11.5 Å². The van der Waals surface area contributed by atoms with Crippen LogP contribution in [-0.4, -0.2) is 12.1 Å². The van der Waals surface area contributed by atoms with Crippen molar-refractivity contribution in [3.8, 4) is 5.75 Å². The Labute approximate surface area is 77.9 Å². The van der Waals surface area contributed by atoms with E-state index in [1.165, 1.54) is 0 Å². The lowest BCUT2D eigenvalue weighted by Crippen LogP contribution is -2.10. The highest BCUT2D eigenvalue weighted by Gasteiger charge is 2.10. The third kappa shape index (κ3) is 1.79. The Kier molecular flexibility index (Phi) is 3.22. The molecule has 4 heteroatoms. The first-order chi connectivity index (χ1) is 6.24. The molecule has 0 aliphatic heterocycles. The van der Waals surface area contributed by atoms with Gasteiger partial charge in [-0.1, -0.05) is 0 Å². The van der Waals surface area contributed by atoms with E-state index in [1.54, 1.807) is 13.3 Å². The van der Waals surface area contributed by atoms with Crippen molar-refractivity contribution < 1.29 is 4.74 Å². The van der Waals surface area contributed by atoms with E-state index in [9.17, 15) is 0 Å². The van der Waals surface area contributed by atoms with Crippen LogP contribution in [0, 0.1) is 6.92 Å². The highest BCUT2D eigenvalue weighted by Crippen LogP contribution is 2.23. The van der Waals surface area contributed by atoms with Crippen LogP contribution >= 0.6 is 0 Å². The standard InChI is InChI=1S/C9H15N3O/c1-6-9(13-2)8(4-11)7(3-10)5-12-6/h5H,3-4,10-11H2,1-2H3. The van der Waals surface area contributed by atoms with Gasteiger partial charge in [-0.15, -0.1) is 0 Å². The van der Waals surface area contributed by atoms with Gasteiger partial charge in [-0.25, -0.2) is 0 Å². The molecule has 1 heterocycles. The number of aryl methyl sites for hydroxylation is 1. The fourth-order valence-corrected chi connectivity index (χ4v) is 1.35. The zero-order valence-corrected chi connectivity index (χ0v) is 8.00. The van der Waals surface area contributed by atoms with Gasteiger partial charge in [0.1, 0.15) is 5.75 Å². The van der Waals surface area contributed by atoms with E-state index < -0.39 is 0 Å². The Bertz CT molecular complexity index is 299. The first-order valence-corrected chi connectivity index (χ1v) is 4.16. The van der Waals surface area contributed by atoms with E-state index in [-0.39, 0.29) is 0 Å². The second kappa shape index (κ2) is 4.20. The summed E-state index contributed by atoms with van der Waals surface area (Å²) in [7, 11) is 1.61. The van der Waals surface area contributed by atoms with Crippen molar-refractivity contribution in [2.45, 2.75) is 20.0 Å². The van der Waals surface area contributed by atoms with Crippen LogP contribution in [0.15, 0.2) is 6.20 Å². The Hall–Kier alpha value is -1.13. The van der Waals surface area contributed by atoms with E-state index in [1.807, 2.05) is 6.92 Å². The molecule has 0 saturated carbocycles. The predicted octanol–water partition coefficient (Wildman–Crippen LogP) is 0.316. The molecule has 0 amide bonds. The SMILES string of the molecule is COc1c(C)ncc(CN)c1CN. The van der Waals surface area contributed by atoms with E-state index in [0.717, 1.165) is 22.6 Å². The smallest absolute Gasteiger partial charge is 0.144 e. The summed E-state index contributed by atoms with van der Waals surface area (Å²) in [4.78, 5) is 4.17. The number of rotatable bonds is 3. The van der Waals surface area contributed by atoms with Crippen molar-refractivity contribution in [3.63, 3.8) is 0 Å². The van der Waals surface area contributed by atoms with Gasteiger partial charge in [0.05, 0.1) is 12.8 Å². The van der Waals surface area contributed by atoms with Gasteiger partial charge in [0.25, 0.3) is 0 Å². The summed E-state index contributed by atoms with van der Waals surface area (Å²) in [6.07, 6.45) is 1.75. The molecule has 0 saturated heterocycles. The molecule has 1 aromatic rings. The van der Waals surface area contributed by atoms with Crippen molar-refractivity contribution in [2.75, 3.05) is 7.11 Å². The van der Waals surface area contributed by atoms with Crippen molar-refractivity contribution in [1.29, 1.82) is 0 Å². The maximum absolute atomic E-state index is 5.61. The number of hydrogen-bond donors (Lipinski definition) is 2. The molecule has 0 aromatic carbocycles. The lowest BCUT2D eigenvalue weighted by atomic mass is 10.1. The van der Waals surface area contributed by atoms with Crippen molar-refractivity contribution >= 4 is 0 Å². The molecular formula is C9H15N3O. The van der Waals surface area contributed by atoms with E-state index in [0.29, 0.717) is 13.1 Å². The first kappa shape index (κ1) is 9.95. The maximum atomic E-state index is 5.61. The Morgan fingerprint density at radius 3 is 2.54 bits per heavy atom. The molecule has 0 spiro atoms. The molecule has 0 unspecified atom stereocenters. The van der Waals surface area contributed by atoms with Gasteiger partial charge in [-0.05, 0) is 12.5 Å². The predicted molar refractivity (Wildman–Crippen MR) is 51.3 cm³/mol. The van der Waals surface area contributed by atoms with Gasteiger partial charge < -0.3 is 16.2 Å². The van der Waals surface area contributed by atoms with Crippen LogP contribution in [0.5, 0.6) is 5.75 Å². The molecule has 0 bridgehead atoms. The Balaban J connectivity index is 3.27. The summed E-state index contributed by atoms with van der Waals surface area (Å²) in [5.41, 5.74) is 13.9. The molecular weight excluding hydrogens is 166 g/mol. The molecule has 4 N–H and O–H groups in total. The zero-order valence-electron chi connectivity index (χ0n) is 8.00. The van der Waals surface area contributed by atoms with Crippen LogP contribution in [-0.2, 0) is 13.1 Å². The normalized spacial score (nSPS) is 10.2. The molecule has 0 fully saturated rings. The maximum Gasteiger partial charge on any atom is 0.144 e. The number of pyridine rings is 1. The average Bonchev–Trinajstić information content (AvgIpc) is 2.17. The highest BCUT2D eigenvalue weighted by atomic mass is 16.5. The summed E-state index contributed by atoms with van der Waals surface area (Å²) in [6, 6.07) is 0. The molecule has 0 atom stereocenters. The molecule has 0 radical (unpaired) electrons. The summed E-state index contributed by atoms with van der Waals surface area (Å²) < 4.78 is 5.21. The van der Waals surface area contributed by atoms with Crippen molar-refractivity contribution in [3.05, 3.63) is 23.0 Å². The Morgan fingerprint density at radius 1 is 1.38 bits per heavy atom. The largest absolute Gasteiger partial charge is 0.495 e. The number of nitrogens with two attached hydrogens (primary N) is 2. The minimum atomic E-state index is 0.430. The molecule has 0 aliphatic rings. The number of ether oxygens (including phenoxy) is 1. The molecule has 13 heavy (non-hydrogen) atoms. The van der Waals surface area contributed by atoms with Crippen LogP contribution in [0.25, 0.3) is 0 Å². The molecule has 0 aliphatic carbocycles. The van der Waals surface area contributed by atoms with Gasteiger partial charge in [-0.3, -0.25) is 4.98 Å². The van der Waals surface area contributed by atoms with Crippen LogP contribution in [0.3, 0.4) is 0 Å². The topological polar surface area (TPSA) is 74.2 Å². The molecule has 1 aromatic heterocycles. The first-order valence-electron chi connectivity index (χ1n) is 4.16. The summed E-state index contributed by atoms with van der Waals surface area (Å²) >= 11 is 0. The van der Waals surface area contributed by atoms with Gasteiger partial charge in [0.2, 0.25) is 0 Å². The molecule has 4 nitrogen and oxygen atoms in total. The number of methoxy groups -OCH3 is 1. The van der Waals surface area contributed by atoms with Crippen LogP contribution in [0.1, 0.15) is 16.8 Å². The van der Waals surface area contributed by atoms with E-state index in [4.69, 9.17) is 16.2 Å². The summed E-state index contributed by atoms with van der Waals surface area (Å²) in [5.74, 6) is 0.755. The number of hydrogen-bond acceptors (Lipinski definition) is 4. The third-order valence-electron chi connectivity index (χ3n) is 2.03. The molecule has 1 rings (SSSR count). The quantitative estimate of drug-likeness (QED) is 0.704. The number of aromatic nitrogens is 1. The number of nitrogens with zero attached hydrogens (tertiary/aromatic N) is 1. The lowest BCUT2D eigenvalue weighted by Gasteiger charge is -2.12. The van der Waals surface area contributed by atoms with Crippen LogP contribution in [0.2, 0.25) is 0 Å². The van der Waals surface area contributed by atoms with Crippen LogP contribution < -0.4 is 16.2 Å². The highest BCUT2D eigenvalue weighted by molar-refractivity contribution is 5.41. The second-order valence-electron chi connectivity index (χ2n) is 2.79. The lowest BCUT2D eigenvalue weighted by molar-refractivity contribution is 0.403. The minimum Gasteiger partial charge on any atom is -0.495 e. The zero-order chi connectivity index (χ0) is 9.84. The second-order valence-corrected chi connectivity index (χ2v) is 2.79. The van der Waals surface area contributed by atoms with Gasteiger partial charge >= 0.3 is 0 Å². The van der Waals surface area contributed by atoms with Gasteiger partial charge in [0.15, 0.2) is 0 Å². The minimum absolute atomic E-state index is 0.430. The fraction of sp³-hybridized carbons (Fsp3) is 0.444. The third-order valence-corrected chi connectivity index (χ3v) is 2.03. The van der Waals surface area contributed by atoms with Crippen LogP contribution in [0.4, 0.5) is 0 Å². The monoisotopic (exact) mass is 181 g/mol. The van der Waals surface area contributed by atoms with E-state index in [2.05, 4.69) is 4.98 Å². The summed E-state index contributed by atoms with van der Waals surface area (Å²) in [5, 5.41) is 0. The Morgan fingerprint density at radius 2 is 2.08 bits per heavy atom. The fourth-order valence-electron chi connectivity index (χ4n) is 1.35. The molecule has 72 valence electrons. The van der Waals surface area contributed by atoms with Gasteiger partial charge in [-0.2, -0.15) is 0 Å². The van der Waals surface area contributed by atoms with Gasteiger partial charge in [0, 0.05) is 24.8 Å². The average molecular weight is 181 g/mol. The van der Waals surface area contributed by atoms with Crippen molar-refractivity contribution in [1.82, 2.24) is 4.98 Å². The van der Waals surface area contributed by atoms with E-state index >= 15 is 0 Å². The summed E-state index contributed by atoms with van der Waals surface area (Å²) in [6.45, 7) is 2.76.